The molecule has 1 fully saturated rings. The van der Waals surface area contributed by atoms with E-state index in [0.29, 0.717) is 0 Å². The van der Waals surface area contributed by atoms with Crippen molar-refractivity contribution in [2.75, 3.05) is 0 Å². The fraction of sp³-hybridized carbons (Fsp3) is 0.714. The first-order chi connectivity index (χ1) is 9.20. The van der Waals surface area contributed by atoms with E-state index in [1.54, 1.807) is 0 Å². The van der Waals surface area contributed by atoms with Gasteiger partial charge in [-0.05, 0) is 19.8 Å². The van der Waals surface area contributed by atoms with E-state index in [4.69, 9.17) is 5.73 Å². The molecular formula is C14H24N4O. The van der Waals surface area contributed by atoms with Gasteiger partial charge in [0.1, 0.15) is 0 Å². The van der Waals surface area contributed by atoms with Gasteiger partial charge in [-0.2, -0.15) is 5.10 Å². The number of aromatic nitrogens is 2. The monoisotopic (exact) mass is 264 g/mol. The molecule has 5 heteroatoms. The van der Waals surface area contributed by atoms with Gasteiger partial charge >= 0.3 is 0 Å². The largest absolute Gasteiger partial charge is 0.369 e. The van der Waals surface area contributed by atoms with Crippen LogP contribution in [0.15, 0.2) is 12.4 Å². The van der Waals surface area contributed by atoms with Crippen LogP contribution >= 0.6 is 0 Å². The van der Waals surface area contributed by atoms with Gasteiger partial charge in [0.2, 0.25) is 5.91 Å². The maximum atomic E-state index is 11.5. The number of carbonyl (C=O) groups is 1. The molecule has 1 saturated carbocycles. The number of amides is 1. The number of hydrogen-bond donors (Lipinski definition) is 2. The van der Waals surface area contributed by atoms with Crippen LogP contribution in [0.5, 0.6) is 0 Å². The molecule has 1 amide bonds. The zero-order valence-electron chi connectivity index (χ0n) is 11.6. The second kappa shape index (κ2) is 6.70. The van der Waals surface area contributed by atoms with E-state index >= 15 is 0 Å². The molecule has 1 aromatic heterocycles. The van der Waals surface area contributed by atoms with Crippen molar-refractivity contribution in [2.45, 2.75) is 58.2 Å². The van der Waals surface area contributed by atoms with E-state index in [9.17, 15) is 4.79 Å². The summed E-state index contributed by atoms with van der Waals surface area (Å²) in [6.45, 7) is 3.71. The summed E-state index contributed by atoms with van der Waals surface area (Å²) >= 11 is 0. The first-order valence-corrected chi connectivity index (χ1v) is 7.24. The van der Waals surface area contributed by atoms with Crippen LogP contribution in [0.1, 0.15) is 44.6 Å². The van der Waals surface area contributed by atoms with Crippen molar-refractivity contribution in [3.05, 3.63) is 18.0 Å². The van der Waals surface area contributed by atoms with Crippen LogP contribution in [0.2, 0.25) is 0 Å². The highest BCUT2D eigenvalue weighted by Gasteiger charge is 2.27. The van der Waals surface area contributed by atoms with Gasteiger partial charge in [-0.1, -0.05) is 19.3 Å². The summed E-state index contributed by atoms with van der Waals surface area (Å²) in [7, 11) is 0. The van der Waals surface area contributed by atoms with Crippen molar-refractivity contribution >= 4 is 5.91 Å². The molecule has 0 bridgehead atoms. The van der Waals surface area contributed by atoms with Crippen molar-refractivity contribution in [3.8, 4) is 0 Å². The number of aryl methyl sites for hydroxylation is 1. The lowest BCUT2D eigenvalue weighted by molar-refractivity contribution is -0.122. The summed E-state index contributed by atoms with van der Waals surface area (Å²) in [6.07, 6.45) is 9.37. The molecule has 2 rings (SSSR count). The number of nitrogens with one attached hydrogen (secondary N) is 1. The lowest BCUT2D eigenvalue weighted by Gasteiger charge is -2.23. The lowest BCUT2D eigenvalue weighted by Crippen LogP contribution is -2.41. The number of nitrogens with two attached hydrogens (primary N) is 1. The van der Waals surface area contributed by atoms with E-state index in [2.05, 4.69) is 17.3 Å². The number of carbonyl (C=O) groups excluding carboxylic acids is 1. The Morgan fingerprint density at radius 1 is 1.47 bits per heavy atom. The molecule has 2 atom stereocenters. The van der Waals surface area contributed by atoms with Gasteiger partial charge in [-0.25, -0.2) is 0 Å². The minimum Gasteiger partial charge on any atom is -0.369 e. The summed E-state index contributed by atoms with van der Waals surface area (Å²) in [5, 5.41) is 7.75. The predicted octanol–water partition coefficient (Wildman–Crippen LogP) is 1.43. The van der Waals surface area contributed by atoms with Crippen molar-refractivity contribution in [1.29, 1.82) is 0 Å². The molecule has 0 aromatic carbocycles. The first-order valence-electron chi connectivity index (χ1n) is 7.24. The van der Waals surface area contributed by atoms with Gasteiger partial charge < -0.3 is 11.1 Å². The maximum absolute atomic E-state index is 11.5. The van der Waals surface area contributed by atoms with Gasteiger partial charge in [0.05, 0.1) is 12.1 Å². The number of rotatable bonds is 5. The summed E-state index contributed by atoms with van der Waals surface area (Å²) in [6, 6.07) is 0.213. The Labute approximate surface area is 114 Å². The Kier molecular flexibility index (Phi) is 4.96. The third-order valence-corrected chi connectivity index (χ3v) is 3.96. The smallest absolute Gasteiger partial charge is 0.222 e. The SMILES string of the molecule is CCn1cc(CNC2CCCCCC2C(N)=O)cn1. The Hall–Kier alpha value is -1.36. The minimum absolute atomic E-state index is 0.0243. The van der Waals surface area contributed by atoms with E-state index in [0.717, 1.165) is 37.9 Å². The summed E-state index contributed by atoms with van der Waals surface area (Å²) in [4.78, 5) is 11.5. The highest BCUT2D eigenvalue weighted by atomic mass is 16.1. The summed E-state index contributed by atoms with van der Waals surface area (Å²) < 4.78 is 1.91. The molecule has 3 N–H and O–H groups in total. The van der Waals surface area contributed by atoms with E-state index in [1.165, 1.54) is 12.8 Å². The molecule has 1 aliphatic rings. The molecule has 1 aromatic rings. The van der Waals surface area contributed by atoms with Gasteiger partial charge in [0.25, 0.3) is 0 Å². The molecule has 1 heterocycles. The van der Waals surface area contributed by atoms with E-state index < -0.39 is 0 Å². The fourth-order valence-electron chi connectivity index (χ4n) is 2.81. The minimum atomic E-state index is -0.163. The van der Waals surface area contributed by atoms with E-state index in [-0.39, 0.29) is 17.9 Å². The number of primary amides is 1. The quantitative estimate of drug-likeness (QED) is 0.790. The normalized spacial score (nSPS) is 24.1. The van der Waals surface area contributed by atoms with Gasteiger partial charge in [-0.3, -0.25) is 9.48 Å². The average Bonchev–Trinajstić information content (AvgIpc) is 2.72. The first kappa shape index (κ1) is 14.1. The van der Waals surface area contributed by atoms with Crippen LogP contribution in [-0.4, -0.2) is 21.7 Å². The molecule has 0 spiro atoms. The molecule has 5 nitrogen and oxygen atoms in total. The molecule has 1 aliphatic carbocycles. The molecule has 0 saturated heterocycles. The lowest BCUT2D eigenvalue weighted by atomic mass is 9.94. The van der Waals surface area contributed by atoms with Crippen LogP contribution in [0, 0.1) is 5.92 Å². The van der Waals surface area contributed by atoms with Crippen molar-refractivity contribution < 1.29 is 4.79 Å². The fourth-order valence-corrected chi connectivity index (χ4v) is 2.81. The molecule has 0 radical (unpaired) electrons. The highest BCUT2D eigenvalue weighted by molar-refractivity contribution is 5.77. The molecule has 106 valence electrons. The Balaban J connectivity index is 1.93. The Bertz CT molecular complexity index is 415. The second-order valence-electron chi connectivity index (χ2n) is 5.34. The Morgan fingerprint density at radius 2 is 2.26 bits per heavy atom. The van der Waals surface area contributed by atoms with Crippen LogP contribution in [-0.2, 0) is 17.9 Å². The second-order valence-corrected chi connectivity index (χ2v) is 5.34. The number of nitrogens with zero attached hydrogens (tertiary/aromatic N) is 2. The standard InChI is InChI=1S/C14H24N4O/c1-2-18-10-11(9-17-18)8-16-13-7-5-3-4-6-12(13)14(15)19/h9-10,12-13,16H,2-8H2,1H3,(H2,15,19). The van der Waals surface area contributed by atoms with Crippen LogP contribution < -0.4 is 11.1 Å². The van der Waals surface area contributed by atoms with Crippen molar-refractivity contribution in [3.63, 3.8) is 0 Å². The van der Waals surface area contributed by atoms with Crippen molar-refractivity contribution in [1.82, 2.24) is 15.1 Å². The Morgan fingerprint density at radius 3 is 2.95 bits per heavy atom. The third kappa shape index (κ3) is 3.80. The average molecular weight is 264 g/mol. The third-order valence-electron chi connectivity index (χ3n) is 3.96. The van der Waals surface area contributed by atoms with Crippen LogP contribution in [0.3, 0.4) is 0 Å². The van der Waals surface area contributed by atoms with Crippen LogP contribution in [0.25, 0.3) is 0 Å². The van der Waals surface area contributed by atoms with Gasteiger partial charge in [-0.15, -0.1) is 0 Å². The highest BCUT2D eigenvalue weighted by Crippen LogP contribution is 2.23. The van der Waals surface area contributed by atoms with Gasteiger partial charge in [0, 0.05) is 30.9 Å². The summed E-state index contributed by atoms with van der Waals surface area (Å²) in [5.41, 5.74) is 6.69. The van der Waals surface area contributed by atoms with Crippen molar-refractivity contribution in [2.24, 2.45) is 11.7 Å². The molecule has 19 heavy (non-hydrogen) atoms. The maximum Gasteiger partial charge on any atom is 0.222 e. The van der Waals surface area contributed by atoms with Gasteiger partial charge in [0.15, 0.2) is 0 Å². The predicted molar refractivity (Wildman–Crippen MR) is 74.3 cm³/mol. The topological polar surface area (TPSA) is 72.9 Å². The zero-order valence-corrected chi connectivity index (χ0v) is 11.6. The molecule has 2 unspecified atom stereocenters. The number of hydrogen-bond acceptors (Lipinski definition) is 3. The van der Waals surface area contributed by atoms with E-state index in [1.807, 2.05) is 17.1 Å². The molecular weight excluding hydrogens is 240 g/mol. The summed E-state index contributed by atoms with van der Waals surface area (Å²) in [5.74, 6) is -0.188. The molecule has 0 aliphatic heterocycles. The van der Waals surface area contributed by atoms with Crippen LogP contribution in [0.4, 0.5) is 0 Å². The zero-order chi connectivity index (χ0) is 13.7.